The molecule has 1 aliphatic rings. The van der Waals surface area contributed by atoms with Gasteiger partial charge in [-0.05, 0) is 24.1 Å². The fraction of sp³-hybridized carbons (Fsp3) is 0.310. The Morgan fingerprint density at radius 2 is 1.72 bits per heavy atom. The first-order chi connectivity index (χ1) is 18.7. The Kier molecular flexibility index (Phi) is 6.22. The molecule has 1 saturated heterocycles. The van der Waals surface area contributed by atoms with E-state index in [-0.39, 0.29) is 6.04 Å². The predicted molar refractivity (Wildman–Crippen MR) is 143 cm³/mol. The molecule has 0 amide bonds. The zero-order valence-electron chi connectivity index (χ0n) is 21.9. The second-order valence-corrected chi connectivity index (χ2v) is 10.4. The van der Waals surface area contributed by atoms with Gasteiger partial charge in [-0.1, -0.05) is 62.4 Å². The maximum atomic E-state index is 13.5. The Morgan fingerprint density at radius 3 is 2.41 bits per heavy atom. The van der Waals surface area contributed by atoms with Gasteiger partial charge in [0.1, 0.15) is 5.82 Å². The van der Waals surface area contributed by atoms with Gasteiger partial charge < -0.3 is 9.47 Å². The molecular weight excluding hydrogens is 503 g/mol. The van der Waals surface area contributed by atoms with Crippen molar-refractivity contribution >= 4 is 11.0 Å². The summed E-state index contributed by atoms with van der Waals surface area (Å²) in [6, 6.07) is 15.6. The largest absolute Gasteiger partial charge is 0.434 e. The van der Waals surface area contributed by atoms with Crippen LogP contribution in [-0.4, -0.2) is 54.3 Å². The normalized spacial score (nSPS) is 14.8. The minimum atomic E-state index is -4.49. The number of hydrogen-bond acceptors (Lipinski definition) is 5. The van der Waals surface area contributed by atoms with Crippen molar-refractivity contribution in [1.82, 2.24) is 34.2 Å². The number of fused-ring (bicyclic) bond motifs is 1. The Balaban J connectivity index is 1.29. The first-order valence-electron chi connectivity index (χ1n) is 12.9. The summed E-state index contributed by atoms with van der Waals surface area (Å²) < 4.78 is 43.8. The first kappa shape index (κ1) is 25.2. The number of benzene rings is 2. The van der Waals surface area contributed by atoms with Crippen molar-refractivity contribution in [3.05, 3.63) is 83.9 Å². The summed E-state index contributed by atoms with van der Waals surface area (Å²) in [5.41, 5.74) is 3.63. The number of nitrogens with zero attached hydrogens (tertiary/aromatic N) is 7. The molecule has 0 bridgehead atoms. The van der Waals surface area contributed by atoms with E-state index in [1.807, 2.05) is 54.2 Å². The molecule has 5 aromatic rings. The fourth-order valence-electron chi connectivity index (χ4n) is 5.11. The molecule has 6 rings (SSSR count). The van der Waals surface area contributed by atoms with E-state index >= 15 is 0 Å². The van der Waals surface area contributed by atoms with Gasteiger partial charge >= 0.3 is 6.18 Å². The van der Waals surface area contributed by atoms with Gasteiger partial charge in [0.15, 0.2) is 17.2 Å². The summed E-state index contributed by atoms with van der Waals surface area (Å²) in [5, 5.41) is 5.36. The third-order valence-corrected chi connectivity index (χ3v) is 7.21. The minimum Gasteiger partial charge on any atom is -0.325 e. The summed E-state index contributed by atoms with van der Waals surface area (Å²) in [7, 11) is 1.95. The van der Waals surface area contributed by atoms with Gasteiger partial charge in [0.2, 0.25) is 0 Å². The van der Waals surface area contributed by atoms with Crippen molar-refractivity contribution in [2.45, 2.75) is 38.5 Å². The van der Waals surface area contributed by atoms with Crippen LogP contribution < -0.4 is 0 Å². The van der Waals surface area contributed by atoms with Crippen molar-refractivity contribution in [3.63, 3.8) is 0 Å². The molecule has 0 N–H and O–H groups in total. The van der Waals surface area contributed by atoms with Crippen molar-refractivity contribution < 1.29 is 13.2 Å². The maximum absolute atomic E-state index is 13.5. The van der Waals surface area contributed by atoms with Crippen molar-refractivity contribution in [1.29, 1.82) is 0 Å². The summed E-state index contributed by atoms with van der Waals surface area (Å²) >= 11 is 0. The number of rotatable bonds is 6. The van der Waals surface area contributed by atoms with E-state index in [1.165, 1.54) is 5.56 Å². The van der Waals surface area contributed by atoms with E-state index in [1.54, 1.807) is 17.0 Å². The van der Waals surface area contributed by atoms with E-state index in [2.05, 4.69) is 39.9 Å². The van der Waals surface area contributed by atoms with Gasteiger partial charge in [-0.25, -0.2) is 19.6 Å². The quantitative estimate of drug-likeness (QED) is 0.268. The van der Waals surface area contributed by atoms with E-state index < -0.39 is 11.9 Å². The predicted octanol–water partition coefficient (Wildman–Crippen LogP) is 6.03. The van der Waals surface area contributed by atoms with Crippen LogP contribution in [0.1, 0.15) is 42.6 Å². The van der Waals surface area contributed by atoms with Crippen LogP contribution in [0.25, 0.3) is 33.8 Å². The topological polar surface area (TPSA) is 64.7 Å². The molecule has 0 saturated carbocycles. The molecule has 0 atom stereocenters. The molecule has 4 heterocycles. The number of hydrogen-bond donors (Lipinski definition) is 0. The highest BCUT2D eigenvalue weighted by Gasteiger charge is 2.37. The average Bonchev–Trinajstić information content (AvgIpc) is 3.52. The second kappa shape index (κ2) is 9.60. The molecule has 3 aromatic heterocycles. The number of alkyl halides is 3. The molecule has 2 aromatic carbocycles. The number of halogens is 3. The Hall–Kier alpha value is -4.05. The van der Waals surface area contributed by atoms with Crippen LogP contribution in [-0.2, 0) is 12.7 Å². The summed E-state index contributed by atoms with van der Waals surface area (Å²) in [6.45, 7) is 6.13. The zero-order chi connectivity index (χ0) is 27.3. The van der Waals surface area contributed by atoms with Crippen LogP contribution in [0.5, 0.6) is 0 Å². The van der Waals surface area contributed by atoms with Crippen molar-refractivity contribution in [2.24, 2.45) is 0 Å². The third-order valence-electron chi connectivity index (χ3n) is 7.21. The van der Waals surface area contributed by atoms with E-state index in [9.17, 15) is 13.2 Å². The van der Waals surface area contributed by atoms with Gasteiger partial charge in [0.25, 0.3) is 0 Å². The van der Waals surface area contributed by atoms with E-state index in [4.69, 9.17) is 4.98 Å². The lowest BCUT2D eigenvalue weighted by Gasteiger charge is -2.37. The van der Waals surface area contributed by atoms with E-state index in [0.29, 0.717) is 42.8 Å². The highest BCUT2D eigenvalue weighted by atomic mass is 19.4. The van der Waals surface area contributed by atoms with Gasteiger partial charge in [0, 0.05) is 36.6 Å². The van der Waals surface area contributed by atoms with Crippen LogP contribution in [0.4, 0.5) is 13.2 Å². The van der Waals surface area contributed by atoms with Gasteiger partial charge in [-0.2, -0.15) is 18.3 Å². The van der Waals surface area contributed by atoms with Gasteiger partial charge in [-0.3, -0.25) is 0 Å². The highest BCUT2D eigenvalue weighted by Crippen LogP contribution is 2.34. The summed E-state index contributed by atoms with van der Waals surface area (Å²) in [5.74, 6) is 1.31. The molecule has 39 heavy (non-hydrogen) atoms. The lowest BCUT2D eigenvalue weighted by molar-refractivity contribution is -0.141. The Labute approximate surface area is 224 Å². The molecule has 1 fully saturated rings. The summed E-state index contributed by atoms with van der Waals surface area (Å²) in [6.07, 6.45) is 0.170. The summed E-state index contributed by atoms with van der Waals surface area (Å²) in [4.78, 5) is 15.5. The minimum absolute atomic E-state index is 0.0292. The van der Waals surface area contributed by atoms with Crippen LogP contribution in [0, 0.1) is 0 Å². The fourth-order valence-corrected chi connectivity index (χ4v) is 5.11. The molecule has 10 heteroatoms. The smallest absolute Gasteiger partial charge is 0.325 e. The maximum Gasteiger partial charge on any atom is 0.434 e. The number of likely N-dealkylation sites (N-methyl/N-ethyl adjacent to an activating group) is 1. The first-order valence-corrected chi connectivity index (χ1v) is 12.9. The molecule has 200 valence electrons. The Bertz CT molecular complexity index is 1630. The lowest BCUT2D eigenvalue weighted by Crippen LogP contribution is -2.44. The van der Waals surface area contributed by atoms with Crippen molar-refractivity contribution in [3.8, 4) is 22.8 Å². The Morgan fingerprint density at radius 1 is 0.974 bits per heavy atom. The van der Waals surface area contributed by atoms with E-state index in [0.717, 1.165) is 28.4 Å². The lowest BCUT2D eigenvalue weighted by atomic mass is 9.97. The third kappa shape index (κ3) is 4.80. The van der Waals surface area contributed by atoms with Crippen LogP contribution in [0.3, 0.4) is 0 Å². The number of imidazole rings is 1. The molecular formula is C29H28F3N7. The molecule has 0 aliphatic carbocycles. The monoisotopic (exact) mass is 531 g/mol. The average molecular weight is 532 g/mol. The van der Waals surface area contributed by atoms with Crippen LogP contribution >= 0.6 is 0 Å². The molecule has 0 radical (unpaired) electrons. The van der Waals surface area contributed by atoms with Crippen LogP contribution in [0.15, 0.2) is 67.1 Å². The second-order valence-electron chi connectivity index (χ2n) is 10.4. The molecule has 0 spiro atoms. The molecule has 1 aliphatic heterocycles. The number of likely N-dealkylation sites (tertiary alicyclic amines) is 1. The highest BCUT2D eigenvalue weighted by molar-refractivity contribution is 5.76. The van der Waals surface area contributed by atoms with Crippen LogP contribution in [0.2, 0.25) is 0 Å². The molecule has 0 unspecified atom stereocenters. The zero-order valence-corrected chi connectivity index (χ0v) is 21.9. The van der Waals surface area contributed by atoms with Gasteiger partial charge in [-0.15, -0.1) is 0 Å². The molecule has 7 nitrogen and oxygen atoms in total. The van der Waals surface area contributed by atoms with Crippen molar-refractivity contribution in [2.75, 3.05) is 20.1 Å². The SMILES string of the molecule is CC(C)c1ccccc1-c1ncc2cnn(Cc3ccc(-c4nc(C(F)(F)F)cn4C4CN(C)C4)cc3)c2n1. The number of aromatic nitrogens is 6. The standard InChI is InChI=1S/C29H28F3N7/c1-18(2)23-6-4-5-7-24(23)26-33-12-21-13-34-39(28(21)36-26)14-19-8-10-20(11-9-19)27-35-25(29(30,31)32)17-38(27)22-15-37(3)16-22/h4-13,17-18,22H,14-16H2,1-3H3. The van der Waals surface area contributed by atoms with Gasteiger partial charge in [0.05, 0.1) is 24.2 Å².